The fourth-order valence-corrected chi connectivity index (χ4v) is 2.56. The maximum Gasteiger partial charge on any atom is 0.305 e. The van der Waals surface area contributed by atoms with Gasteiger partial charge in [-0.15, -0.1) is 10.2 Å². The van der Waals surface area contributed by atoms with Crippen LogP contribution in [0, 0.1) is 0 Å². The second kappa shape index (κ2) is 6.62. The number of methoxy groups -OCH3 is 1. The molecule has 0 saturated carbocycles. The average molecular weight is 247 g/mol. The molecule has 0 atom stereocenters. The van der Waals surface area contributed by atoms with Crippen molar-refractivity contribution in [1.82, 2.24) is 10.2 Å². The van der Waals surface area contributed by atoms with Gasteiger partial charge in [-0.1, -0.05) is 23.1 Å². The van der Waals surface area contributed by atoms with E-state index in [-0.39, 0.29) is 5.97 Å². The smallest absolute Gasteiger partial charge is 0.305 e. The molecule has 1 aromatic heterocycles. The van der Waals surface area contributed by atoms with Crippen LogP contribution in [-0.2, 0) is 9.53 Å². The normalized spacial score (nSPS) is 10.0. The van der Waals surface area contributed by atoms with E-state index in [1.165, 1.54) is 18.4 Å². The number of esters is 1. The number of anilines is 1. The minimum absolute atomic E-state index is 0.163. The molecule has 0 bridgehead atoms. The van der Waals surface area contributed by atoms with E-state index in [1.54, 1.807) is 11.8 Å². The van der Waals surface area contributed by atoms with Crippen LogP contribution in [0.1, 0.15) is 12.8 Å². The molecule has 84 valence electrons. The van der Waals surface area contributed by atoms with Gasteiger partial charge in [-0.25, -0.2) is 0 Å². The molecule has 0 radical (unpaired) electrons. The fraction of sp³-hybridized carbons (Fsp3) is 0.625. The van der Waals surface area contributed by atoms with Crippen molar-refractivity contribution in [2.24, 2.45) is 0 Å². The Hall–Kier alpha value is -0.820. The number of ether oxygens (including phenoxy) is 1. The Labute approximate surface area is 96.6 Å². The summed E-state index contributed by atoms with van der Waals surface area (Å²) in [4.78, 5) is 10.8. The van der Waals surface area contributed by atoms with E-state index in [0.29, 0.717) is 6.42 Å². The van der Waals surface area contributed by atoms with Crippen LogP contribution in [0.15, 0.2) is 4.34 Å². The van der Waals surface area contributed by atoms with Gasteiger partial charge in [-0.2, -0.15) is 0 Å². The summed E-state index contributed by atoms with van der Waals surface area (Å²) in [5, 5.41) is 11.6. The third kappa shape index (κ3) is 4.48. The molecule has 1 N–H and O–H groups in total. The van der Waals surface area contributed by atoms with E-state index >= 15 is 0 Å². The predicted octanol–water partition coefficient (Wildman–Crippen LogP) is 1.63. The molecule has 5 nitrogen and oxygen atoms in total. The summed E-state index contributed by atoms with van der Waals surface area (Å²) in [6, 6.07) is 0. The Kier molecular flexibility index (Phi) is 5.41. The van der Waals surface area contributed by atoms with Crippen molar-refractivity contribution in [1.29, 1.82) is 0 Å². The lowest BCUT2D eigenvalue weighted by atomic mass is 10.3. The topological polar surface area (TPSA) is 64.1 Å². The lowest BCUT2D eigenvalue weighted by molar-refractivity contribution is -0.140. The molecule has 1 aromatic rings. The van der Waals surface area contributed by atoms with E-state index in [1.807, 2.05) is 7.05 Å². The van der Waals surface area contributed by atoms with Crippen molar-refractivity contribution in [3.8, 4) is 0 Å². The van der Waals surface area contributed by atoms with E-state index in [4.69, 9.17) is 0 Å². The van der Waals surface area contributed by atoms with Gasteiger partial charge in [-0.05, 0) is 6.42 Å². The molecule has 7 heteroatoms. The van der Waals surface area contributed by atoms with E-state index < -0.39 is 0 Å². The summed E-state index contributed by atoms with van der Waals surface area (Å²) in [7, 11) is 3.21. The molecule has 0 spiro atoms. The molecular weight excluding hydrogens is 234 g/mol. The van der Waals surface area contributed by atoms with Crippen LogP contribution in [0.2, 0.25) is 0 Å². The highest BCUT2D eigenvalue weighted by Crippen LogP contribution is 2.25. The maximum atomic E-state index is 10.8. The van der Waals surface area contributed by atoms with Gasteiger partial charge in [0.25, 0.3) is 0 Å². The van der Waals surface area contributed by atoms with Gasteiger partial charge in [0.05, 0.1) is 7.11 Å². The van der Waals surface area contributed by atoms with E-state index in [0.717, 1.165) is 21.6 Å². The number of hydrogen-bond acceptors (Lipinski definition) is 7. The lowest BCUT2D eigenvalue weighted by Crippen LogP contribution is -1.99. The van der Waals surface area contributed by atoms with Gasteiger partial charge >= 0.3 is 5.97 Å². The zero-order chi connectivity index (χ0) is 11.1. The van der Waals surface area contributed by atoms with Crippen LogP contribution in [0.3, 0.4) is 0 Å². The van der Waals surface area contributed by atoms with Gasteiger partial charge in [0.2, 0.25) is 5.13 Å². The summed E-state index contributed by atoms with van der Waals surface area (Å²) in [6.45, 7) is 0. The van der Waals surface area contributed by atoms with Crippen molar-refractivity contribution in [3.63, 3.8) is 0 Å². The first-order valence-corrected chi connectivity index (χ1v) is 6.27. The summed E-state index contributed by atoms with van der Waals surface area (Å²) in [5.41, 5.74) is 0. The quantitative estimate of drug-likeness (QED) is 0.468. The molecule has 1 heterocycles. The molecule has 0 aliphatic heterocycles. The van der Waals surface area contributed by atoms with Crippen LogP contribution >= 0.6 is 23.1 Å². The largest absolute Gasteiger partial charge is 0.469 e. The summed E-state index contributed by atoms with van der Waals surface area (Å²) in [5.74, 6) is 0.691. The SMILES string of the molecule is CNc1nnc(SCCCC(=O)OC)s1. The van der Waals surface area contributed by atoms with Crippen molar-refractivity contribution < 1.29 is 9.53 Å². The molecule has 0 amide bonds. The first-order valence-electron chi connectivity index (χ1n) is 4.47. The number of carbonyl (C=O) groups is 1. The third-order valence-electron chi connectivity index (χ3n) is 1.60. The second-order valence-electron chi connectivity index (χ2n) is 2.65. The Bertz CT molecular complexity index is 317. The van der Waals surface area contributed by atoms with Gasteiger partial charge < -0.3 is 10.1 Å². The number of nitrogens with one attached hydrogen (secondary N) is 1. The lowest BCUT2D eigenvalue weighted by Gasteiger charge is -1.97. The van der Waals surface area contributed by atoms with Gasteiger partial charge in [0.1, 0.15) is 0 Å². The Balaban J connectivity index is 2.17. The number of aromatic nitrogens is 2. The van der Waals surface area contributed by atoms with Crippen molar-refractivity contribution >= 4 is 34.2 Å². The maximum absolute atomic E-state index is 10.8. The fourth-order valence-electron chi connectivity index (χ4n) is 0.847. The van der Waals surface area contributed by atoms with Crippen LogP contribution in [0.25, 0.3) is 0 Å². The molecule has 0 saturated heterocycles. The average Bonchev–Trinajstić information content (AvgIpc) is 2.72. The van der Waals surface area contributed by atoms with Crippen molar-refractivity contribution in [3.05, 3.63) is 0 Å². The Morgan fingerprint density at radius 3 is 3.00 bits per heavy atom. The first kappa shape index (κ1) is 12.3. The minimum atomic E-state index is -0.163. The molecule has 15 heavy (non-hydrogen) atoms. The number of carbonyl (C=O) groups excluding carboxylic acids is 1. The molecule has 0 aliphatic carbocycles. The van der Waals surface area contributed by atoms with E-state index in [9.17, 15) is 4.79 Å². The molecular formula is C8H13N3O2S2. The standard InChI is InChI=1S/C8H13N3O2S2/c1-9-7-10-11-8(15-7)14-5-3-4-6(12)13-2/h3-5H2,1-2H3,(H,9,10). The number of hydrogen-bond donors (Lipinski definition) is 1. The molecule has 1 rings (SSSR count). The number of thioether (sulfide) groups is 1. The highest BCUT2D eigenvalue weighted by molar-refractivity contribution is 8.01. The van der Waals surface area contributed by atoms with Crippen molar-refractivity contribution in [2.45, 2.75) is 17.2 Å². The minimum Gasteiger partial charge on any atom is -0.469 e. The highest BCUT2D eigenvalue weighted by atomic mass is 32.2. The summed E-state index contributed by atoms with van der Waals surface area (Å²) < 4.78 is 5.46. The van der Waals surface area contributed by atoms with Crippen molar-refractivity contribution in [2.75, 3.05) is 25.2 Å². The summed E-state index contributed by atoms with van der Waals surface area (Å²) >= 11 is 3.12. The van der Waals surface area contributed by atoms with Gasteiger partial charge in [0.15, 0.2) is 4.34 Å². The Morgan fingerprint density at radius 2 is 2.40 bits per heavy atom. The third-order valence-corrected chi connectivity index (χ3v) is 3.76. The van der Waals surface area contributed by atoms with Crippen LogP contribution in [0.5, 0.6) is 0 Å². The molecule has 0 unspecified atom stereocenters. The van der Waals surface area contributed by atoms with Crippen LogP contribution < -0.4 is 5.32 Å². The zero-order valence-corrected chi connectivity index (χ0v) is 10.3. The highest BCUT2D eigenvalue weighted by Gasteiger charge is 2.04. The monoisotopic (exact) mass is 247 g/mol. The van der Waals surface area contributed by atoms with Gasteiger partial charge in [0, 0.05) is 19.2 Å². The molecule has 0 aliphatic rings. The number of nitrogens with zero attached hydrogens (tertiary/aromatic N) is 2. The summed E-state index contributed by atoms with van der Waals surface area (Å²) in [6.07, 6.45) is 1.26. The Morgan fingerprint density at radius 1 is 1.60 bits per heavy atom. The molecule has 0 aromatic carbocycles. The number of rotatable bonds is 6. The van der Waals surface area contributed by atoms with Crippen LogP contribution in [0.4, 0.5) is 5.13 Å². The predicted molar refractivity (Wildman–Crippen MR) is 61.4 cm³/mol. The zero-order valence-electron chi connectivity index (χ0n) is 8.65. The second-order valence-corrected chi connectivity index (χ2v) is 4.97. The van der Waals surface area contributed by atoms with E-state index in [2.05, 4.69) is 20.3 Å². The molecule has 0 fully saturated rings. The van der Waals surface area contributed by atoms with Crippen LogP contribution in [-0.4, -0.2) is 36.1 Å². The van der Waals surface area contributed by atoms with Gasteiger partial charge in [-0.3, -0.25) is 4.79 Å². The first-order chi connectivity index (χ1) is 7.26.